The molecule has 1 amide bonds. The van der Waals surface area contributed by atoms with Gasteiger partial charge >= 0.3 is 10.2 Å². The van der Waals surface area contributed by atoms with Gasteiger partial charge in [0.05, 0.1) is 22.7 Å². The van der Waals surface area contributed by atoms with E-state index in [1.54, 1.807) is 18.4 Å². The number of fused-ring (bicyclic) bond motifs is 3. The first-order valence-electron chi connectivity index (χ1n) is 9.29. The third-order valence-electron chi connectivity index (χ3n) is 5.88. The number of carbonyl (C=O) groups excluding carboxylic acids is 1. The lowest BCUT2D eigenvalue weighted by molar-refractivity contribution is 0.0521. The van der Waals surface area contributed by atoms with Crippen LogP contribution in [0.5, 0.6) is 0 Å². The molecule has 0 heterocycles. The van der Waals surface area contributed by atoms with Crippen molar-refractivity contribution in [1.82, 2.24) is 9.62 Å². The number of nitrogens with one attached hydrogen (secondary N) is 2. The largest absolute Gasteiger partial charge is 0.347 e. The number of halogens is 5. The van der Waals surface area contributed by atoms with Gasteiger partial charge in [0.25, 0.3) is 5.91 Å². The van der Waals surface area contributed by atoms with Crippen LogP contribution in [0.3, 0.4) is 0 Å². The number of rotatable bonds is 6. The van der Waals surface area contributed by atoms with E-state index in [9.17, 15) is 29.5 Å². The molecule has 2 bridgehead atoms. The summed E-state index contributed by atoms with van der Waals surface area (Å²) in [5.74, 6) is -0.841. The van der Waals surface area contributed by atoms with Crippen LogP contribution in [0, 0.1) is 16.7 Å². The molecule has 5 nitrogen and oxygen atoms in total. The van der Waals surface area contributed by atoms with Crippen molar-refractivity contribution in [2.45, 2.75) is 49.0 Å². The van der Waals surface area contributed by atoms with Crippen molar-refractivity contribution in [3.63, 3.8) is 0 Å². The van der Waals surface area contributed by atoms with Crippen LogP contribution < -0.4 is 10.0 Å². The third kappa shape index (κ3) is 4.78. The standard InChI is InChI=1S/C18H23F5N4OS2/c1-27(2)29-26-15-4-3-13(30(19,20,21,22)23)11-14(15)16(28)25-18-8-5-17(12-24,6-9-18)7-10-18/h3-4,11,26H,5-10H2,1-2H3,(H,25,28). The van der Waals surface area contributed by atoms with E-state index < -0.39 is 37.5 Å². The van der Waals surface area contributed by atoms with Gasteiger partial charge in [0, 0.05) is 17.7 Å². The minimum absolute atomic E-state index is 0.00573. The summed E-state index contributed by atoms with van der Waals surface area (Å²) < 4.78 is 71.0. The number of hydrogen-bond acceptors (Lipinski definition) is 5. The molecule has 0 atom stereocenters. The van der Waals surface area contributed by atoms with Crippen molar-refractivity contribution >= 4 is 34.0 Å². The van der Waals surface area contributed by atoms with E-state index in [0.29, 0.717) is 38.5 Å². The van der Waals surface area contributed by atoms with Gasteiger partial charge in [0.15, 0.2) is 0 Å². The van der Waals surface area contributed by atoms with E-state index in [4.69, 9.17) is 0 Å². The summed E-state index contributed by atoms with van der Waals surface area (Å²) in [7, 11) is -6.60. The molecule has 12 heteroatoms. The molecule has 0 spiro atoms. The van der Waals surface area contributed by atoms with Crippen molar-refractivity contribution in [3.05, 3.63) is 23.8 Å². The average molecular weight is 471 g/mol. The first-order valence-corrected chi connectivity index (χ1v) is 12.0. The molecule has 0 aromatic heterocycles. The Kier molecular flexibility index (Phi) is 5.08. The van der Waals surface area contributed by atoms with Gasteiger partial charge in [-0.25, -0.2) is 4.31 Å². The maximum atomic E-state index is 13.3. The summed E-state index contributed by atoms with van der Waals surface area (Å²) in [5.41, 5.74) is -1.52. The second kappa shape index (κ2) is 6.64. The molecule has 0 saturated heterocycles. The molecule has 0 aliphatic heterocycles. The molecular formula is C18H23F5N4OS2. The number of nitrogens with zero attached hydrogens (tertiary/aromatic N) is 2. The van der Waals surface area contributed by atoms with Gasteiger partial charge in [-0.05, 0) is 70.8 Å². The summed E-state index contributed by atoms with van der Waals surface area (Å²) in [5, 5.41) is 12.2. The van der Waals surface area contributed by atoms with Gasteiger partial charge in [-0.2, -0.15) is 5.26 Å². The fourth-order valence-corrected chi connectivity index (χ4v) is 5.15. The quantitative estimate of drug-likeness (QED) is 0.381. The normalized spacial score (nSPS) is 28.4. The Labute approximate surface area is 176 Å². The Morgan fingerprint density at radius 1 is 1.10 bits per heavy atom. The van der Waals surface area contributed by atoms with Gasteiger partial charge in [-0.3, -0.25) is 4.79 Å². The Hall–Kier alpha value is -1.71. The maximum absolute atomic E-state index is 13.3. The number of hydrogen-bond donors (Lipinski definition) is 2. The molecule has 3 saturated carbocycles. The van der Waals surface area contributed by atoms with E-state index in [-0.39, 0.29) is 17.8 Å². The van der Waals surface area contributed by atoms with Crippen LogP contribution >= 0.6 is 22.4 Å². The first kappa shape index (κ1) is 23.0. The zero-order chi connectivity index (χ0) is 22.5. The molecule has 30 heavy (non-hydrogen) atoms. The number of nitriles is 1. The van der Waals surface area contributed by atoms with Gasteiger partial charge in [-0.15, -0.1) is 0 Å². The number of benzene rings is 1. The van der Waals surface area contributed by atoms with Crippen molar-refractivity contribution in [2.75, 3.05) is 18.8 Å². The first-order chi connectivity index (χ1) is 13.6. The zero-order valence-electron chi connectivity index (χ0n) is 16.5. The molecule has 0 unspecified atom stereocenters. The molecule has 4 rings (SSSR count). The minimum atomic E-state index is -9.95. The monoisotopic (exact) mass is 470 g/mol. The fraction of sp³-hybridized carbons (Fsp3) is 0.556. The van der Waals surface area contributed by atoms with Crippen LogP contribution in [0.2, 0.25) is 0 Å². The number of carbonyl (C=O) groups is 1. The van der Waals surface area contributed by atoms with E-state index in [2.05, 4.69) is 16.1 Å². The van der Waals surface area contributed by atoms with Crippen LogP contribution in [0.1, 0.15) is 48.9 Å². The summed E-state index contributed by atoms with van der Waals surface area (Å²) >= 11 is 0.997. The molecule has 1 aromatic carbocycles. The zero-order valence-corrected chi connectivity index (χ0v) is 18.1. The highest BCUT2D eigenvalue weighted by molar-refractivity contribution is 8.45. The molecule has 0 radical (unpaired) electrons. The van der Waals surface area contributed by atoms with Gasteiger partial charge < -0.3 is 10.0 Å². The fourth-order valence-electron chi connectivity index (χ4n) is 4.03. The molecule has 3 aliphatic rings. The second-order valence-electron chi connectivity index (χ2n) is 8.31. The summed E-state index contributed by atoms with van der Waals surface area (Å²) in [6.45, 7) is 0. The Morgan fingerprint density at radius 2 is 1.67 bits per heavy atom. The van der Waals surface area contributed by atoms with E-state index in [0.717, 1.165) is 18.2 Å². The van der Waals surface area contributed by atoms with Crippen LogP contribution in [-0.4, -0.2) is 29.8 Å². The maximum Gasteiger partial charge on any atom is 0.310 e. The van der Waals surface area contributed by atoms with Crippen molar-refractivity contribution in [2.24, 2.45) is 5.41 Å². The highest BCUT2D eigenvalue weighted by atomic mass is 32.5. The van der Waals surface area contributed by atoms with Crippen molar-refractivity contribution in [3.8, 4) is 6.07 Å². The van der Waals surface area contributed by atoms with E-state index in [1.807, 2.05) is 0 Å². The van der Waals surface area contributed by atoms with Gasteiger partial charge in [0.1, 0.15) is 4.90 Å². The van der Waals surface area contributed by atoms with Crippen molar-refractivity contribution in [1.29, 1.82) is 5.26 Å². The number of amides is 1. The Balaban J connectivity index is 1.92. The van der Waals surface area contributed by atoms with Crippen LogP contribution in [0.4, 0.5) is 25.1 Å². The topological polar surface area (TPSA) is 68.2 Å². The smallest absolute Gasteiger partial charge is 0.310 e. The average Bonchev–Trinajstić information content (AvgIpc) is 2.65. The third-order valence-corrected chi connectivity index (χ3v) is 7.70. The Morgan fingerprint density at radius 3 is 2.13 bits per heavy atom. The molecule has 1 aromatic rings. The molecule has 2 N–H and O–H groups in total. The lowest BCUT2D eigenvalue weighted by atomic mass is 9.58. The summed E-state index contributed by atoms with van der Waals surface area (Å²) in [4.78, 5) is 10.9. The lowest BCUT2D eigenvalue weighted by Gasteiger charge is -2.50. The minimum Gasteiger partial charge on any atom is -0.347 e. The van der Waals surface area contributed by atoms with Crippen LogP contribution in [-0.2, 0) is 0 Å². The predicted octanol–water partition coefficient (Wildman–Crippen LogP) is 6.23. The molecular weight excluding hydrogens is 447 g/mol. The van der Waals surface area contributed by atoms with Crippen LogP contribution in [0.25, 0.3) is 0 Å². The highest BCUT2D eigenvalue weighted by Gasteiger charge is 2.65. The summed E-state index contributed by atoms with van der Waals surface area (Å²) in [6.07, 6.45) is 3.37. The SMILES string of the molecule is CN(C)SNc1ccc(S(F)(F)(F)(F)F)cc1C(=O)NC12CCC(C#N)(CC1)CC2. The van der Waals surface area contributed by atoms with Gasteiger partial charge in [0.2, 0.25) is 0 Å². The van der Waals surface area contributed by atoms with Crippen molar-refractivity contribution < 1.29 is 24.2 Å². The second-order valence-corrected chi connectivity index (χ2v) is 11.8. The van der Waals surface area contributed by atoms with E-state index in [1.165, 1.54) is 0 Å². The lowest BCUT2D eigenvalue weighted by Crippen LogP contribution is -2.56. The van der Waals surface area contributed by atoms with Crippen LogP contribution in [0.15, 0.2) is 23.1 Å². The molecule has 3 fully saturated rings. The number of anilines is 1. The predicted molar refractivity (Wildman–Crippen MR) is 109 cm³/mol. The molecule has 3 aliphatic carbocycles. The highest BCUT2D eigenvalue weighted by Crippen LogP contribution is 3.02. The molecule has 168 valence electrons. The van der Waals surface area contributed by atoms with E-state index >= 15 is 0 Å². The summed E-state index contributed by atoms with van der Waals surface area (Å²) in [6, 6.07) is 3.70. The van der Waals surface area contributed by atoms with Gasteiger partial charge in [-0.1, -0.05) is 19.4 Å². The Bertz CT molecular complexity index is 890.